The van der Waals surface area contributed by atoms with Crippen LogP contribution in [0.4, 0.5) is 4.79 Å². The van der Waals surface area contributed by atoms with E-state index in [0.717, 1.165) is 10.7 Å². The quantitative estimate of drug-likeness (QED) is 0.811. The van der Waals surface area contributed by atoms with E-state index in [2.05, 4.69) is 34.3 Å². The van der Waals surface area contributed by atoms with Crippen molar-refractivity contribution in [1.29, 1.82) is 0 Å². The lowest BCUT2D eigenvalue weighted by atomic mass is 10.2. The van der Waals surface area contributed by atoms with E-state index in [4.69, 9.17) is 10.3 Å². The van der Waals surface area contributed by atoms with Crippen LogP contribution < -0.4 is 11.1 Å². The number of carbonyl (C=O) groups is 2. The normalized spacial score (nSPS) is 10.8. The Morgan fingerprint density at radius 1 is 1.43 bits per heavy atom. The molecule has 0 atom stereocenters. The Kier molecular flexibility index (Phi) is 5.27. The molecule has 124 valence electrons. The zero-order valence-electron chi connectivity index (χ0n) is 13.1. The van der Waals surface area contributed by atoms with Gasteiger partial charge in [0.05, 0.1) is 23.8 Å². The highest BCUT2D eigenvalue weighted by atomic mass is 32.1. The summed E-state index contributed by atoms with van der Waals surface area (Å²) in [6.45, 7) is 4.55. The first-order chi connectivity index (χ1) is 10.9. The van der Waals surface area contributed by atoms with Crippen LogP contribution in [0.3, 0.4) is 0 Å². The Morgan fingerprint density at radius 3 is 2.74 bits per heavy atom. The number of primary amides is 1. The van der Waals surface area contributed by atoms with Gasteiger partial charge < -0.3 is 20.5 Å². The van der Waals surface area contributed by atoms with Crippen LogP contribution in [0, 0.1) is 0 Å². The smallest absolute Gasteiger partial charge is 0.317 e. The van der Waals surface area contributed by atoms with E-state index in [-0.39, 0.29) is 24.3 Å². The third-order valence-corrected chi connectivity index (χ3v) is 4.08. The molecular formula is C13H18N6O3S. The largest absolute Gasteiger partial charge is 0.363 e. The highest BCUT2D eigenvalue weighted by Crippen LogP contribution is 2.19. The topological polar surface area (TPSA) is 127 Å². The minimum Gasteiger partial charge on any atom is -0.363 e. The van der Waals surface area contributed by atoms with Crippen LogP contribution in [0.1, 0.15) is 47.0 Å². The number of nitrogens with two attached hydrogens (primary N) is 1. The monoisotopic (exact) mass is 338 g/mol. The molecule has 23 heavy (non-hydrogen) atoms. The van der Waals surface area contributed by atoms with Crippen molar-refractivity contribution in [2.24, 2.45) is 5.73 Å². The lowest BCUT2D eigenvalue weighted by Gasteiger charge is -2.15. The number of hydrogen-bond acceptors (Lipinski definition) is 7. The van der Waals surface area contributed by atoms with E-state index < -0.39 is 5.91 Å². The second-order valence-corrected chi connectivity index (χ2v) is 6.11. The molecule has 2 aromatic rings. The first-order valence-corrected chi connectivity index (χ1v) is 7.80. The van der Waals surface area contributed by atoms with Crippen molar-refractivity contribution in [3.8, 4) is 0 Å². The molecule has 0 saturated carbocycles. The van der Waals surface area contributed by atoms with Crippen molar-refractivity contribution >= 4 is 23.3 Å². The van der Waals surface area contributed by atoms with Gasteiger partial charge in [-0.1, -0.05) is 19.0 Å². The summed E-state index contributed by atoms with van der Waals surface area (Å²) in [7, 11) is 1.66. The Bertz CT molecular complexity index is 695. The van der Waals surface area contributed by atoms with Gasteiger partial charge in [-0.25, -0.2) is 9.78 Å². The summed E-state index contributed by atoms with van der Waals surface area (Å²) in [5.41, 5.74) is 5.85. The van der Waals surface area contributed by atoms with Gasteiger partial charge in [0, 0.05) is 18.3 Å². The second kappa shape index (κ2) is 7.18. The van der Waals surface area contributed by atoms with E-state index >= 15 is 0 Å². The molecule has 0 aromatic carbocycles. The lowest BCUT2D eigenvalue weighted by Crippen LogP contribution is -2.36. The summed E-state index contributed by atoms with van der Waals surface area (Å²) in [6, 6.07) is -0.317. The predicted octanol–water partition coefficient (Wildman–Crippen LogP) is 1.09. The molecule has 0 spiro atoms. The van der Waals surface area contributed by atoms with Gasteiger partial charge in [0.1, 0.15) is 0 Å². The highest BCUT2D eigenvalue weighted by molar-refractivity contribution is 7.09. The maximum Gasteiger partial charge on any atom is 0.317 e. The summed E-state index contributed by atoms with van der Waals surface area (Å²) in [4.78, 5) is 32.6. The Morgan fingerprint density at radius 2 is 2.17 bits per heavy atom. The second-order valence-electron chi connectivity index (χ2n) is 5.22. The number of rotatable bonds is 6. The van der Waals surface area contributed by atoms with Crippen molar-refractivity contribution in [3.63, 3.8) is 0 Å². The molecule has 2 heterocycles. The summed E-state index contributed by atoms with van der Waals surface area (Å²) < 4.78 is 4.80. The fourth-order valence-corrected chi connectivity index (χ4v) is 2.51. The Balaban J connectivity index is 1.85. The zero-order valence-corrected chi connectivity index (χ0v) is 13.9. The van der Waals surface area contributed by atoms with Crippen molar-refractivity contribution in [2.45, 2.75) is 32.9 Å². The fourth-order valence-electron chi connectivity index (χ4n) is 1.69. The summed E-state index contributed by atoms with van der Waals surface area (Å²) in [6.07, 6.45) is 0. The van der Waals surface area contributed by atoms with E-state index in [1.165, 1.54) is 4.90 Å². The highest BCUT2D eigenvalue weighted by Gasteiger charge is 2.15. The summed E-state index contributed by atoms with van der Waals surface area (Å²) in [5, 5.41) is 8.99. The molecule has 2 aromatic heterocycles. The van der Waals surface area contributed by atoms with Crippen molar-refractivity contribution in [3.05, 3.63) is 27.8 Å². The molecule has 0 saturated heterocycles. The number of nitrogens with zero attached hydrogens (tertiary/aromatic N) is 4. The molecular weight excluding hydrogens is 320 g/mol. The van der Waals surface area contributed by atoms with Crippen LogP contribution in [-0.2, 0) is 13.1 Å². The van der Waals surface area contributed by atoms with Crippen molar-refractivity contribution < 1.29 is 14.1 Å². The van der Waals surface area contributed by atoms with Gasteiger partial charge >= 0.3 is 6.03 Å². The van der Waals surface area contributed by atoms with Crippen molar-refractivity contribution in [2.75, 3.05) is 7.05 Å². The standard InChI is InChI=1S/C13H18N6O3S/c1-7(2)12-16-8(6-23-12)5-19(3)13(21)15-4-9-17-11(10(14)20)18-22-9/h6-7H,4-5H2,1-3H3,(H2,14,20)(H,15,21). The van der Waals surface area contributed by atoms with Crippen LogP contribution in [0.5, 0.6) is 0 Å². The third kappa shape index (κ3) is 4.49. The minimum absolute atomic E-state index is 0.0117. The van der Waals surface area contributed by atoms with Crippen LogP contribution in [-0.4, -0.2) is 39.0 Å². The van der Waals surface area contributed by atoms with E-state index in [0.29, 0.717) is 12.5 Å². The van der Waals surface area contributed by atoms with E-state index in [1.807, 2.05) is 5.38 Å². The molecule has 0 aliphatic rings. The molecule has 0 aliphatic carbocycles. The first-order valence-electron chi connectivity index (χ1n) is 6.92. The molecule has 9 nitrogen and oxygen atoms in total. The number of aromatic nitrogens is 3. The molecule has 0 bridgehead atoms. The number of nitrogens with one attached hydrogen (secondary N) is 1. The predicted molar refractivity (Wildman–Crippen MR) is 82.7 cm³/mol. The average molecular weight is 338 g/mol. The van der Waals surface area contributed by atoms with Gasteiger partial charge in [-0.05, 0) is 0 Å². The molecule has 0 radical (unpaired) electrons. The zero-order chi connectivity index (χ0) is 17.0. The van der Waals surface area contributed by atoms with Crippen molar-refractivity contribution in [1.82, 2.24) is 25.3 Å². The summed E-state index contributed by atoms with van der Waals surface area (Å²) in [5.74, 6) is -0.527. The van der Waals surface area contributed by atoms with Crippen LogP contribution in [0.25, 0.3) is 0 Å². The maximum absolute atomic E-state index is 12.0. The van der Waals surface area contributed by atoms with Gasteiger partial charge in [0.25, 0.3) is 11.7 Å². The first kappa shape index (κ1) is 16.9. The Labute approximate surface area is 136 Å². The van der Waals surface area contributed by atoms with Gasteiger partial charge in [0.2, 0.25) is 5.89 Å². The molecule has 10 heteroatoms. The number of amides is 3. The molecule has 3 amide bonds. The minimum atomic E-state index is -0.784. The maximum atomic E-state index is 12.0. The number of thiazole rings is 1. The summed E-state index contributed by atoms with van der Waals surface area (Å²) >= 11 is 1.58. The molecule has 3 N–H and O–H groups in total. The van der Waals surface area contributed by atoms with Crippen LogP contribution in [0.15, 0.2) is 9.90 Å². The molecule has 0 unspecified atom stereocenters. The van der Waals surface area contributed by atoms with Crippen LogP contribution in [0.2, 0.25) is 0 Å². The van der Waals surface area contributed by atoms with Gasteiger partial charge in [-0.15, -0.1) is 11.3 Å². The van der Waals surface area contributed by atoms with Gasteiger partial charge in [0.15, 0.2) is 0 Å². The number of hydrogen-bond donors (Lipinski definition) is 2. The van der Waals surface area contributed by atoms with E-state index in [1.54, 1.807) is 18.4 Å². The number of carbonyl (C=O) groups excluding carboxylic acids is 2. The van der Waals surface area contributed by atoms with Gasteiger partial charge in [-0.3, -0.25) is 4.79 Å². The average Bonchev–Trinajstić information content (AvgIpc) is 3.13. The fraction of sp³-hybridized carbons (Fsp3) is 0.462. The third-order valence-electron chi connectivity index (χ3n) is 2.89. The Hall–Kier alpha value is -2.49. The SMILES string of the molecule is CC(C)c1nc(CN(C)C(=O)NCc2nc(C(N)=O)no2)cs1. The van der Waals surface area contributed by atoms with E-state index in [9.17, 15) is 9.59 Å². The molecule has 2 rings (SSSR count). The van der Waals surface area contributed by atoms with Crippen LogP contribution >= 0.6 is 11.3 Å². The molecule has 0 fully saturated rings. The number of urea groups is 1. The van der Waals surface area contributed by atoms with Gasteiger partial charge in [-0.2, -0.15) is 4.98 Å². The molecule has 0 aliphatic heterocycles. The lowest BCUT2D eigenvalue weighted by molar-refractivity contribution is 0.0987.